The molecule has 0 aliphatic heterocycles. The van der Waals surface area contributed by atoms with Gasteiger partial charge in [0.25, 0.3) is 0 Å². The summed E-state index contributed by atoms with van der Waals surface area (Å²) >= 11 is 0. The largest absolute Gasteiger partial charge is 0.497 e. The zero-order chi connectivity index (χ0) is 13.7. The highest BCUT2D eigenvalue weighted by Gasteiger charge is 2.04. The van der Waals surface area contributed by atoms with E-state index in [4.69, 9.17) is 4.74 Å². The van der Waals surface area contributed by atoms with Gasteiger partial charge in [0.15, 0.2) is 0 Å². The van der Waals surface area contributed by atoms with Gasteiger partial charge in [-0.3, -0.25) is 9.58 Å². The van der Waals surface area contributed by atoms with Crippen molar-refractivity contribution in [3.63, 3.8) is 0 Å². The van der Waals surface area contributed by atoms with E-state index >= 15 is 0 Å². The van der Waals surface area contributed by atoms with Crippen LogP contribution in [0.1, 0.15) is 18.1 Å². The first kappa shape index (κ1) is 13.6. The average molecular weight is 259 g/mol. The predicted octanol–water partition coefficient (Wildman–Crippen LogP) is 2.54. The number of rotatable bonds is 6. The lowest BCUT2D eigenvalue weighted by atomic mass is 10.2. The van der Waals surface area contributed by atoms with E-state index in [1.54, 1.807) is 7.11 Å². The Morgan fingerprint density at radius 3 is 2.74 bits per heavy atom. The predicted molar refractivity (Wildman–Crippen MR) is 76.1 cm³/mol. The number of hydrogen-bond donors (Lipinski definition) is 0. The molecule has 0 saturated heterocycles. The van der Waals surface area contributed by atoms with Crippen LogP contribution >= 0.6 is 0 Å². The normalized spacial score (nSPS) is 10.9. The van der Waals surface area contributed by atoms with Gasteiger partial charge in [0, 0.05) is 31.4 Å². The van der Waals surface area contributed by atoms with Gasteiger partial charge in [-0.1, -0.05) is 12.1 Å². The molecule has 2 rings (SSSR count). The molecule has 0 atom stereocenters. The maximum absolute atomic E-state index is 5.24. The van der Waals surface area contributed by atoms with E-state index in [-0.39, 0.29) is 0 Å². The van der Waals surface area contributed by atoms with Crippen LogP contribution in [-0.2, 0) is 19.6 Å². The molecule has 0 bridgehead atoms. The monoisotopic (exact) mass is 259 g/mol. The van der Waals surface area contributed by atoms with E-state index in [2.05, 4.69) is 42.3 Å². The molecular weight excluding hydrogens is 238 g/mol. The van der Waals surface area contributed by atoms with E-state index in [1.165, 1.54) is 11.1 Å². The van der Waals surface area contributed by atoms with Gasteiger partial charge in [0.2, 0.25) is 0 Å². The third-order valence-corrected chi connectivity index (χ3v) is 3.05. The van der Waals surface area contributed by atoms with Crippen molar-refractivity contribution in [1.82, 2.24) is 14.7 Å². The number of aromatic nitrogens is 2. The minimum atomic E-state index is 0.897. The minimum Gasteiger partial charge on any atom is -0.497 e. The maximum atomic E-state index is 5.24. The lowest BCUT2D eigenvalue weighted by Gasteiger charge is -2.16. The Hall–Kier alpha value is -1.81. The number of ether oxygens (including phenoxy) is 1. The van der Waals surface area contributed by atoms with Gasteiger partial charge in [-0.25, -0.2) is 0 Å². The highest BCUT2D eigenvalue weighted by atomic mass is 16.5. The van der Waals surface area contributed by atoms with Gasteiger partial charge >= 0.3 is 0 Å². The quantitative estimate of drug-likeness (QED) is 0.798. The summed E-state index contributed by atoms with van der Waals surface area (Å²) < 4.78 is 7.19. The Labute approximate surface area is 114 Å². The van der Waals surface area contributed by atoms with Crippen molar-refractivity contribution in [2.24, 2.45) is 0 Å². The lowest BCUT2D eigenvalue weighted by Crippen LogP contribution is -2.16. The summed E-state index contributed by atoms with van der Waals surface area (Å²) in [4.78, 5) is 2.27. The molecule has 4 heteroatoms. The molecule has 0 spiro atoms. The van der Waals surface area contributed by atoms with Crippen molar-refractivity contribution in [1.29, 1.82) is 0 Å². The van der Waals surface area contributed by atoms with Crippen molar-refractivity contribution >= 4 is 0 Å². The van der Waals surface area contributed by atoms with Crippen LogP contribution in [0.4, 0.5) is 0 Å². The SMILES string of the molecule is CCn1cc(CN(C)Cc2cccc(OC)c2)cn1. The highest BCUT2D eigenvalue weighted by molar-refractivity contribution is 5.28. The van der Waals surface area contributed by atoms with Gasteiger partial charge < -0.3 is 4.74 Å². The summed E-state index contributed by atoms with van der Waals surface area (Å²) in [5.74, 6) is 0.907. The fourth-order valence-corrected chi connectivity index (χ4v) is 2.11. The molecule has 0 amide bonds. The van der Waals surface area contributed by atoms with Crippen molar-refractivity contribution in [2.75, 3.05) is 14.2 Å². The number of methoxy groups -OCH3 is 1. The first-order chi connectivity index (χ1) is 9.21. The van der Waals surface area contributed by atoms with Crippen LogP contribution in [0.3, 0.4) is 0 Å². The fourth-order valence-electron chi connectivity index (χ4n) is 2.11. The maximum Gasteiger partial charge on any atom is 0.119 e. The molecule has 0 radical (unpaired) electrons. The molecule has 0 saturated carbocycles. The van der Waals surface area contributed by atoms with Crippen LogP contribution in [-0.4, -0.2) is 28.8 Å². The van der Waals surface area contributed by atoms with E-state index in [9.17, 15) is 0 Å². The average Bonchev–Trinajstić information content (AvgIpc) is 2.86. The van der Waals surface area contributed by atoms with E-state index in [1.807, 2.05) is 23.0 Å². The fraction of sp³-hybridized carbons (Fsp3) is 0.400. The zero-order valence-corrected chi connectivity index (χ0v) is 11.8. The molecular formula is C15H21N3O. The molecule has 0 unspecified atom stereocenters. The Kier molecular flexibility index (Phi) is 4.58. The Morgan fingerprint density at radius 2 is 2.05 bits per heavy atom. The summed E-state index contributed by atoms with van der Waals surface area (Å²) in [6.07, 6.45) is 4.04. The molecule has 1 aromatic heterocycles. The van der Waals surface area contributed by atoms with Crippen LogP contribution in [0.5, 0.6) is 5.75 Å². The van der Waals surface area contributed by atoms with Crippen LogP contribution in [0.15, 0.2) is 36.7 Å². The summed E-state index contributed by atoms with van der Waals surface area (Å²) in [6, 6.07) is 8.19. The minimum absolute atomic E-state index is 0.897. The van der Waals surface area contributed by atoms with Crippen molar-refractivity contribution < 1.29 is 4.74 Å². The van der Waals surface area contributed by atoms with Crippen molar-refractivity contribution in [3.05, 3.63) is 47.8 Å². The van der Waals surface area contributed by atoms with Gasteiger partial charge in [-0.2, -0.15) is 5.10 Å². The highest BCUT2D eigenvalue weighted by Crippen LogP contribution is 2.14. The van der Waals surface area contributed by atoms with Crippen LogP contribution in [0, 0.1) is 0 Å². The van der Waals surface area contributed by atoms with E-state index < -0.39 is 0 Å². The molecule has 19 heavy (non-hydrogen) atoms. The van der Waals surface area contributed by atoms with Gasteiger partial charge in [0.1, 0.15) is 5.75 Å². The van der Waals surface area contributed by atoms with Gasteiger partial charge in [-0.05, 0) is 31.7 Å². The van der Waals surface area contributed by atoms with Crippen LogP contribution in [0.2, 0.25) is 0 Å². The third-order valence-electron chi connectivity index (χ3n) is 3.05. The zero-order valence-electron chi connectivity index (χ0n) is 11.8. The molecule has 1 aromatic carbocycles. The molecule has 0 aliphatic carbocycles. The van der Waals surface area contributed by atoms with E-state index in [0.29, 0.717) is 0 Å². The van der Waals surface area contributed by atoms with E-state index in [0.717, 1.165) is 25.4 Å². The van der Waals surface area contributed by atoms with Crippen molar-refractivity contribution in [2.45, 2.75) is 26.6 Å². The summed E-state index contributed by atoms with van der Waals surface area (Å²) in [5.41, 5.74) is 2.50. The second-order valence-electron chi connectivity index (χ2n) is 4.73. The van der Waals surface area contributed by atoms with Crippen LogP contribution < -0.4 is 4.74 Å². The third kappa shape index (κ3) is 3.83. The Morgan fingerprint density at radius 1 is 1.26 bits per heavy atom. The molecule has 102 valence electrons. The first-order valence-electron chi connectivity index (χ1n) is 6.54. The summed E-state index contributed by atoms with van der Waals surface area (Å²) in [5, 5.41) is 4.29. The molecule has 0 aliphatic rings. The van der Waals surface area contributed by atoms with Crippen LogP contribution in [0.25, 0.3) is 0 Å². The first-order valence-corrected chi connectivity index (χ1v) is 6.54. The topological polar surface area (TPSA) is 30.3 Å². The Bertz CT molecular complexity index is 522. The standard InChI is InChI=1S/C15H21N3O/c1-4-18-12-14(9-16-18)11-17(2)10-13-6-5-7-15(8-13)19-3/h5-9,12H,4,10-11H2,1-3H3. The summed E-state index contributed by atoms with van der Waals surface area (Å²) in [7, 11) is 3.81. The van der Waals surface area contributed by atoms with Gasteiger partial charge in [0.05, 0.1) is 13.3 Å². The lowest BCUT2D eigenvalue weighted by molar-refractivity contribution is 0.318. The molecule has 0 fully saturated rings. The number of hydrogen-bond acceptors (Lipinski definition) is 3. The van der Waals surface area contributed by atoms with Crippen molar-refractivity contribution in [3.8, 4) is 5.75 Å². The smallest absolute Gasteiger partial charge is 0.119 e. The number of aryl methyl sites for hydroxylation is 1. The number of nitrogens with zero attached hydrogens (tertiary/aromatic N) is 3. The second-order valence-corrected chi connectivity index (χ2v) is 4.73. The summed E-state index contributed by atoms with van der Waals surface area (Å²) in [6.45, 7) is 4.81. The molecule has 4 nitrogen and oxygen atoms in total. The molecule has 1 heterocycles. The van der Waals surface area contributed by atoms with Gasteiger partial charge in [-0.15, -0.1) is 0 Å². The second kappa shape index (κ2) is 6.38. The Balaban J connectivity index is 1.94. The molecule has 0 N–H and O–H groups in total. The molecule has 2 aromatic rings. The number of benzene rings is 1.